The second kappa shape index (κ2) is 8.80. The van der Waals surface area contributed by atoms with Crippen LogP contribution in [0.25, 0.3) is 0 Å². The Morgan fingerprint density at radius 3 is 2.76 bits per heavy atom. The van der Waals surface area contributed by atoms with Crippen molar-refractivity contribution in [2.45, 2.75) is 17.1 Å². The molecule has 0 spiro atoms. The van der Waals surface area contributed by atoms with Crippen molar-refractivity contribution in [3.05, 3.63) is 41.1 Å². The summed E-state index contributed by atoms with van der Waals surface area (Å²) in [6, 6.07) is 6.47. The van der Waals surface area contributed by atoms with Gasteiger partial charge in [-0.15, -0.1) is 5.10 Å². The summed E-state index contributed by atoms with van der Waals surface area (Å²) in [5.74, 6) is -2.22. The van der Waals surface area contributed by atoms with Gasteiger partial charge in [0.25, 0.3) is 17.5 Å². The van der Waals surface area contributed by atoms with Gasteiger partial charge in [0, 0.05) is 19.9 Å². The molecule has 1 aromatic heterocycles. The standard InChI is InChI=1S/C19H20N6O7S/c1-24-18(21-22-23-24)33-9-10-8-32-17-19(31-3,16(29)25(17)13(10)15(27)28)20-14(26)11-6-4-5-7-12(11)30-2/h4-7,17H,8-9H2,1-3H3,(H,20,26)(H,27,28)/t17-,19+/m1/s1. The van der Waals surface area contributed by atoms with Crippen molar-refractivity contribution in [3.63, 3.8) is 0 Å². The van der Waals surface area contributed by atoms with E-state index in [1.54, 1.807) is 25.2 Å². The molecule has 2 aliphatic rings. The first-order valence-electron chi connectivity index (χ1n) is 9.60. The summed E-state index contributed by atoms with van der Waals surface area (Å²) >= 11 is 1.20. The van der Waals surface area contributed by atoms with Crippen LogP contribution in [0.5, 0.6) is 5.75 Å². The number of hydrogen-bond acceptors (Lipinski definition) is 10. The monoisotopic (exact) mass is 476 g/mol. The van der Waals surface area contributed by atoms with Crippen molar-refractivity contribution in [1.29, 1.82) is 0 Å². The Bertz CT molecular complexity index is 1150. The summed E-state index contributed by atoms with van der Waals surface area (Å²) in [6.45, 7) is -0.0933. The second-order valence-corrected chi connectivity index (χ2v) is 8.01. The summed E-state index contributed by atoms with van der Waals surface area (Å²) < 4.78 is 17.8. The number of amides is 2. The van der Waals surface area contributed by atoms with E-state index in [4.69, 9.17) is 14.2 Å². The third-order valence-electron chi connectivity index (χ3n) is 5.24. The number of benzene rings is 1. The molecule has 14 heteroatoms. The van der Waals surface area contributed by atoms with Crippen LogP contribution < -0.4 is 10.1 Å². The van der Waals surface area contributed by atoms with E-state index in [2.05, 4.69) is 20.8 Å². The van der Waals surface area contributed by atoms with Gasteiger partial charge in [-0.05, 0) is 28.1 Å². The number of fused-ring (bicyclic) bond motifs is 1. The number of hydrogen-bond donors (Lipinski definition) is 2. The molecule has 2 aromatic rings. The lowest BCUT2D eigenvalue weighted by molar-refractivity contribution is -0.255. The lowest BCUT2D eigenvalue weighted by atomic mass is 9.94. The number of aliphatic carboxylic acids is 1. The Morgan fingerprint density at radius 1 is 1.36 bits per heavy atom. The van der Waals surface area contributed by atoms with Crippen LogP contribution >= 0.6 is 11.8 Å². The quantitative estimate of drug-likeness (QED) is 0.291. The zero-order valence-electron chi connectivity index (χ0n) is 17.8. The molecule has 0 aliphatic carbocycles. The summed E-state index contributed by atoms with van der Waals surface area (Å²) in [5.41, 5.74) is -1.56. The van der Waals surface area contributed by atoms with E-state index in [1.807, 2.05) is 0 Å². The number of tetrazole rings is 1. The Balaban J connectivity index is 1.59. The van der Waals surface area contributed by atoms with Crippen LogP contribution in [-0.4, -0.2) is 86.5 Å². The van der Waals surface area contributed by atoms with Crippen LogP contribution in [0, 0.1) is 0 Å². The SMILES string of the molecule is COc1ccccc1C(=O)N[C@]1(OC)C(=O)N2C(C(=O)O)=C(CSc3nnnn3C)CO[C@@H]21. The molecular formula is C19H20N6O7S. The van der Waals surface area contributed by atoms with Gasteiger partial charge in [0.2, 0.25) is 5.16 Å². The number of aryl methyl sites for hydroxylation is 1. The van der Waals surface area contributed by atoms with Crippen LogP contribution in [0.2, 0.25) is 0 Å². The zero-order valence-corrected chi connectivity index (χ0v) is 18.7. The van der Waals surface area contributed by atoms with Crippen LogP contribution in [-0.2, 0) is 26.1 Å². The molecule has 2 N–H and O–H groups in total. The van der Waals surface area contributed by atoms with Gasteiger partial charge >= 0.3 is 5.97 Å². The van der Waals surface area contributed by atoms with Gasteiger partial charge in [-0.1, -0.05) is 23.9 Å². The molecule has 1 aromatic carbocycles. The van der Waals surface area contributed by atoms with Gasteiger partial charge < -0.3 is 24.6 Å². The third kappa shape index (κ3) is 3.71. The highest BCUT2D eigenvalue weighted by molar-refractivity contribution is 7.99. The number of carboxylic acid groups (broad SMARTS) is 1. The molecule has 4 rings (SSSR count). The number of nitrogens with zero attached hydrogens (tertiary/aromatic N) is 5. The van der Waals surface area contributed by atoms with Gasteiger partial charge in [-0.3, -0.25) is 14.5 Å². The van der Waals surface area contributed by atoms with Crippen LogP contribution in [0.15, 0.2) is 40.7 Å². The molecule has 13 nitrogen and oxygen atoms in total. The second-order valence-electron chi connectivity index (χ2n) is 7.06. The normalized spacial score (nSPS) is 22.0. The summed E-state index contributed by atoms with van der Waals surface area (Å²) in [7, 11) is 4.30. The Hall–Kier alpha value is -3.49. The molecule has 1 saturated heterocycles. The van der Waals surface area contributed by atoms with Gasteiger partial charge in [0.15, 0.2) is 6.23 Å². The number of ether oxygens (including phenoxy) is 3. The first kappa shape index (κ1) is 22.7. The highest BCUT2D eigenvalue weighted by Gasteiger charge is 2.67. The minimum absolute atomic E-state index is 0.0933. The predicted octanol–water partition coefficient (Wildman–Crippen LogP) is -0.379. The smallest absolute Gasteiger partial charge is 0.352 e. The number of rotatable bonds is 8. The van der Waals surface area contributed by atoms with Gasteiger partial charge in [0.1, 0.15) is 11.4 Å². The summed E-state index contributed by atoms with van der Waals surface area (Å²) in [5, 5.41) is 23.9. The number of nitrogens with one attached hydrogen (secondary N) is 1. The first-order chi connectivity index (χ1) is 15.8. The molecule has 0 unspecified atom stereocenters. The minimum Gasteiger partial charge on any atom is -0.496 e. The molecule has 174 valence electrons. The molecule has 2 aliphatic heterocycles. The molecule has 1 fully saturated rings. The van der Waals surface area contributed by atoms with Crippen molar-refractivity contribution in [1.82, 2.24) is 30.4 Å². The van der Waals surface area contributed by atoms with Crippen molar-refractivity contribution in [2.75, 3.05) is 26.6 Å². The highest BCUT2D eigenvalue weighted by atomic mass is 32.2. The average molecular weight is 476 g/mol. The number of para-hydroxylation sites is 1. The minimum atomic E-state index is -1.88. The summed E-state index contributed by atoms with van der Waals surface area (Å²) in [4.78, 5) is 39.1. The molecule has 2 amide bonds. The highest BCUT2D eigenvalue weighted by Crippen LogP contribution is 2.41. The molecule has 3 heterocycles. The fourth-order valence-corrected chi connectivity index (χ4v) is 4.46. The summed E-state index contributed by atoms with van der Waals surface area (Å²) in [6.07, 6.45) is -1.16. The van der Waals surface area contributed by atoms with Crippen molar-refractivity contribution < 1.29 is 33.7 Å². The first-order valence-corrected chi connectivity index (χ1v) is 10.6. The maximum atomic E-state index is 13.2. The number of carbonyl (C=O) groups excluding carboxylic acids is 2. The number of carbonyl (C=O) groups is 3. The fourth-order valence-electron chi connectivity index (χ4n) is 3.62. The number of methoxy groups -OCH3 is 2. The number of thioether (sulfide) groups is 1. The van der Waals surface area contributed by atoms with Crippen molar-refractivity contribution in [3.8, 4) is 5.75 Å². The Morgan fingerprint density at radius 2 is 2.12 bits per heavy atom. The topological polar surface area (TPSA) is 158 Å². The Labute approximate surface area is 191 Å². The van der Waals surface area contributed by atoms with Crippen molar-refractivity contribution in [2.24, 2.45) is 7.05 Å². The zero-order chi connectivity index (χ0) is 23.8. The van der Waals surface area contributed by atoms with Gasteiger partial charge in [0.05, 0.1) is 19.3 Å². The van der Waals surface area contributed by atoms with E-state index in [-0.39, 0.29) is 23.6 Å². The Kier molecular flexibility index (Phi) is 6.05. The van der Waals surface area contributed by atoms with E-state index in [9.17, 15) is 19.5 Å². The van der Waals surface area contributed by atoms with Crippen LogP contribution in [0.4, 0.5) is 0 Å². The van der Waals surface area contributed by atoms with Crippen LogP contribution in [0.1, 0.15) is 10.4 Å². The van der Waals surface area contributed by atoms with E-state index < -0.39 is 29.7 Å². The molecule has 2 atom stereocenters. The van der Waals surface area contributed by atoms with E-state index in [1.165, 1.54) is 36.7 Å². The number of β-lactam (4-membered cyclic amide) rings is 1. The maximum Gasteiger partial charge on any atom is 0.352 e. The average Bonchev–Trinajstić information content (AvgIpc) is 3.24. The largest absolute Gasteiger partial charge is 0.496 e. The van der Waals surface area contributed by atoms with Crippen LogP contribution in [0.3, 0.4) is 0 Å². The van der Waals surface area contributed by atoms with E-state index >= 15 is 0 Å². The molecule has 33 heavy (non-hydrogen) atoms. The van der Waals surface area contributed by atoms with Crippen molar-refractivity contribution >= 4 is 29.5 Å². The lowest BCUT2D eigenvalue weighted by Crippen LogP contribution is -2.82. The molecule has 0 radical (unpaired) electrons. The number of carboxylic acids is 1. The van der Waals surface area contributed by atoms with E-state index in [0.29, 0.717) is 16.5 Å². The van der Waals surface area contributed by atoms with Gasteiger partial charge in [-0.25, -0.2) is 9.48 Å². The number of aromatic nitrogens is 4. The predicted molar refractivity (Wildman–Crippen MR) is 111 cm³/mol. The molecular weight excluding hydrogens is 456 g/mol. The third-order valence-corrected chi connectivity index (χ3v) is 6.34. The fraction of sp³-hybridized carbons (Fsp3) is 0.368. The molecule has 0 saturated carbocycles. The van der Waals surface area contributed by atoms with E-state index in [0.717, 1.165) is 4.90 Å². The maximum absolute atomic E-state index is 13.2. The lowest BCUT2D eigenvalue weighted by Gasteiger charge is -2.55. The molecule has 0 bridgehead atoms. The van der Waals surface area contributed by atoms with Gasteiger partial charge in [-0.2, -0.15) is 0 Å².